The number of likely N-dealkylation sites (tertiary alicyclic amines) is 1. The van der Waals surface area contributed by atoms with Crippen LogP contribution in [0.15, 0.2) is 66.7 Å². The standard InChI is InChI=1S/C24H24N2O2/c27-23(17-20-9-6-8-18-7-2-3-10-22(18)20)25-21-13-11-19(12-14-21)24(28)26-15-4-1-5-16-26/h2-3,6-14H,1,4-5,15-17H2,(H,25,27). The number of hydrogen-bond acceptors (Lipinski definition) is 2. The molecule has 0 atom stereocenters. The molecule has 1 N–H and O–H groups in total. The van der Waals surface area contributed by atoms with Gasteiger partial charge < -0.3 is 10.2 Å². The number of carbonyl (C=O) groups is 2. The summed E-state index contributed by atoms with van der Waals surface area (Å²) in [5, 5.41) is 5.17. The van der Waals surface area contributed by atoms with Crippen molar-refractivity contribution in [2.75, 3.05) is 18.4 Å². The number of piperidine rings is 1. The molecule has 3 aromatic carbocycles. The number of benzene rings is 3. The Kier molecular flexibility index (Phi) is 5.38. The fourth-order valence-electron chi connectivity index (χ4n) is 3.80. The Labute approximate surface area is 165 Å². The molecule has 1 aliphatic heterocycles. The van der Waals surface area contributed by atoms with Gasteiger partial charge in [0.25, 0.3) is 5.91 Å². The smallest absolute Gasteiger partial charge is 0.253 e. The van der Waals surface area contributed by atoms with E-state index in [2.05, 4.69) is 17.4 Å². The SMILES string of the molecule is O=C(Cc1cccc2ccccc12)Nc1ccc(C(=O)N2CCCCC2)cc1. The summed E-state index contributed by atoms with van der Waals surface area (Å²) in [5.74, 6) is 0.0137. The highest BCUT2D eigenvalue weighted by Crippen LogP contribution is 2.20. The maximum atomic E-state index is 12.5. The zero-order valence-corrected chi connectivity index (χ0v) is 15.9. The molecule has 4 nitrogen and oxygen atoms in total. The molecule has 142 valence electrons. The van der Waals surface area contributed by atoms with Crippen LogP contribution in [-0.2, 0) is 11.2 Å². The molecule has 0 radical (unpaired) electrons. The van der Waals surface area contributed by atoms with Crippen molar-refractivity contribution >= 4 is 28.3 Å². The molecule has 0 saturated carbocycles. The Morgan fingerprint density at radius 1 is 0.821 bits per heavy atom. The Morgan fingerprint density at radius 2 is 1.54 bits per heavy atom. The van der Waals surface area contributed by atoms with Gasteiger partial charge in [-0.1, -0.05) is 42.5 Å². The van der Waals surface area contributed by atoms with E-state index in [0.29, 0.717) is 17.7 Å². The first kappa shape index (κ1) is 18.2. The number of carbonyl (C=O) groups excluding carboxylic acids is 2. The largest absolute Gasteiger partial charge is 0.339 e. The van der Waals surface area contributed by atoms with Gasteiger partial charge in [0.2, 0.25) is 5.91 Å². The van der Waals surface area contributed by atoms with Crippen molar-refractivity contribution in [2.45, 2.75) is 25.7 Å². The van der Waals surface area contributed by atoms with E-state index in [9.17, 15) is 9.59 Å². The molecule has 4 heteroatoms. The maximum Gasteiger partial charge on any atom is 0.253 e. The third kappa shape index (κ3) is 4.06. The van der Waals surface area contributed by atoms with E-state index in [1.807, 2.05) is 35.2 Å². The van der Waals surface area contributed by atoms with Gasteiger partial charge in [-0.2, -0.15) is 0 Å². The van der Waals surface area contributed by atoms with Crippen molar-refractivity contribution in [1.29, 1.82) is 0 Å². The van der Waals surface area contributed by atoms with E-state index < -0.39 is 0 Å². The molecular formula is C24H24N2O2. The number of nitrogens with one attached hydrogen (secondary N) is 1. The molecule has 3 aromatic rings. The number of rotatable bonds is 4. The first-order valence-electron chi connectivity index (χ1n) is 9.86. The van der Waals surface area contributed by atoms with Crippen molar-refractivity contribution in [1.82, 2.24) is 4.90 Å². The zero-order valence-electron chi connectivity index (χ0n) is 15.9. The van der Waals surface area contributed by atoms with Gasteiger partial charge >= 0.3 is 0 Å². The van der Waals surface area contributed by atoms with Crippen LogP contribution in [0, 0.1) is 0 Å². The lowest BCUT2D eigenvalue weighted by Gasteiger charge is -2.26. The molecular weight excluding hydrogens is 348 g/mol. The second-order valence-corrected chi connectivity index (χ2v) is 7.29. The minimum absolute atomic E-state index is 0.0635. The topological polar surface area (TPSA) is 49.4 Å². The van der Waals surface area contributed by atoms with E-state index in [0.717, 1.165) is 42.3 Å². The second-order valence-electron chi connectivity index (χ2n) is 7.29. The summed E-state index contributed by atoms with van der Waals surface area (Å²) < 4.78 is 0. The third-order valence-corrected chi connectivity index (χ3v) is 5.29. The average molecular weight is 372 g/mol. The first-order valence-corrected chi connectivity index (χ1v) is 9.86. The van der Waals surface area contributed by atoms with Gasteiger partial charge in [-0.05, 0) is 59.9 Å². The lowest BCUT2D eigenvalue weighted by Crippen LogP contribution is -2.35. The molecule has 28 heavy (non-hydrogen) atoms. The van der Waals surface area contributed by atoms with E-state index in [1.165, 1.54) is 6.42 Å². The molecule has 1 fully saturated rings. The van der Waals surface area contributed by atoms with E-state index in [-0.39, 0.29) is 11.8 Å². The van der Waals surface area contributed by atoms with Crippen LogP contribution in [0.2, 0.25) is 0 Å². The molecule has 2 amide bonds. The zero-order chi connectivity index (χ0) is 19.3. The number of nitrogens with zero attached hydrogens (tertiary/aromatic N) is 1. The van der Waals surface area contributed by atoms with E-state index >= 15 is 0 Å². The molecule has 4 rings (SSSR count). The summed E-state index contributed by atoms with van der Waals surface area (Å²) in [7, 11) is 0. The Balaban J connectivity index is 1.41. The number of hydrogen-bond donors (Lipinski definition) is 1. The lowest BCUT2D eigenvalue weighted by atomic mass is 10.0. The van der Waals surface area contributed by atoms with E-state index in [4.69, 9.17) is 0 Å². The highest BCUT2D eigenvalue weighted by molar-refractivity contribution is 5.97. The van der Waals surface area contributed by atoms with Crippen LogP contribution < -0.4 is 5.32 Å². The number of anilines is 1. The highest BCUT2D eigenvalue weighted by Gasteiger charge is 2.18. The van der Waals surface area contributed by atoms with Gasteiger partial charge in [0, 0.05) is 24.3 Å². The van der Waals surface area contributed by atoms with Gasteiger partial charge in [0.1, 0.15) is 0 Å². The quantitative estimate of drug-likeness (QED) is 0.725. The molecule has 0 bridgehead atoms. The van der Waals surface area contributed by atoms with E-state index in [1.54, 1.807) is 24.3 Å². The predicted octanol–water partition coefficient (Wildman–Crippen LogP) is 4.65. The number of amides is 2. The summed E-state index contributed by atoms with van der Waals surface area (Å²) in [5.41, 5.74) is 2.39. The van der Waals surface area contributed by atoms with Crippen LogP contribution >= 0.6 is 0 Å². The van der Waals surface area contributed by atoms with Crippen LogP contribution in [0.5, 0.6) is 0 Å². The summed E-state index contributed by atoms with van der Waals surface area (Å²) >= 11 is 0. The summed E-state index contributed by atoms with van der Waals surface area (Å²) in [4.78, 5) is 27.0. The van der Waals surface area contributed by atoms with Gasteiger partial charge in [0.05, 0.1) is 6.42 Å². The number of fused-ring (bicyclic) bond motifs is 1. The summed E-state index contributed by atoms with van der Waals surface area (Å²) in [6.07, 6.45) is 3.67. The summed E-state index contributed by atoms with van der Waals surface area (Å²) in [6, 6.07) is 21.3. The average Bonchev–Trinajstić information content (AvgIpc) is 2.75. The highest BCUT2D eigenvalue weighted by atomic mass is 16.2. The van der Waals surface area contributed by atoms with Crippen molar-refractivity contribution in [2.24, 2.45) is 0 Å². The van der Waals surface area contributed by atoms with Gasteiger partial charge in [-0.25, -0.2) is 0 Å². The fourth-order valence-corrected chi connectivity index (χ4v) is 3.80. The van der Waals surface area contributed by atoms with Crippen LogP contribution in [0.4, 0.5) is 5.69 Å². The minimum Gasteiger partial charge on any atom is -0.339 e. The van der Waals surface area contributed by atoms with Gasteiger partial charge in [-0.15, -0.1) is 0 Å². The van der Waals surface area contributed by atoms with Gasteiger partial charge in [-0.3, -0.25) is 9.59 Å². The molecule has 1 aliphatic rings. The molecule has 0 spiro atoms. The fraction of sp³-hybridized carbons (Fsp3) is 0.250. The van der Waals surface area contributed by atoms with Crippen LogP contribution in [0.25, 0.3) is 10.8 Å². The van der Waals surface area contributed by atoms with Crippen molar-refractivity contribution in [3.05, 3.63) is 77.9 Å². The lowest BCUT2D eigenvalue weighted by molar-refractivity contribution is -0.115. The van der Waals surface area contributed by atoms with Crippen molar-refractivity contribution in [3.8, 4) is 0 Å². The molecule has 1 heterocycles. The van der Waals surface area contributed by atoms with Crippen molar-refractivity contribution < 1.29 is 9.59 Å². The summed E-state index contributed by atoms with van der Waals surface area (Å²) in [6.45, 7) is 1.67. The first-order chi connectivity index (χ1) is 13.7. The van der Waals surface area contributed by atoms with Crippen molar-refractivity contribution in [3.63, 3.8) is 0 Å². The predicted molar refractivity (Wildman–Crippen MR) is 112 cm³/mol. The van der Waals surface area contributed by atoms with Crippen LogP contribution in [0.3, 0.4) is 0 Å². The Bertz CT molecular complexity index is 984. The Hall–Kier alpha value is -3.14. The maximum absolute atomic E-state index is 12.5. The van der Waals surface area contributed by atoms with Crippen LogP contribution in [-0.4, -0.2) is 29.8 Å². The molecule has 1 saturated heterocycles. The molecule has 0 aromatic heterocycles. The molecule has 0 aliphatic carbocycles. The Morgan fingerprint density at radius 3 is 2.32 bits per heavy atom. The monoisotopic (exact) mass is 372 g/mol. The van der Waals surface area contributed by atoms with Gasteiger partial charge in [0.15, 0.2) is 0 Å². The normalized spacial score (nSPS) is 14.1. The third-order valence-electron chi connectivity index (χ3n) is 5.29. The molecule has 0 unspecified atom stereocenters. The van der Waals surface area contributed by atoms with Crippen LogP contribution in [0.1, 0.15) is 35.2 Å². The minimum atomic E-state index is -0.0635. The second kappa shape index (κ2) is 8.26.